The number of carbonyl (C=O) groups excluding carboxylic acids is 1. The molecular weight excluding hydrogens is 268 g/mol. The van der Waals surface area contributed by atoms with Gasteiger partial charge in [-0.15, -0.1) is 0 Å². The monoisotopic (exact) mass is 290 g/mol. The minimum atomic E-state index is 0.170. The van der Waals surface area contributed by atoms with E-state index >= 15 is 0 Å². The van der Waals surface area contributed by atoms with E-state index in [1.165, 1.54) is 0 Å². The molecule has 6 heteroatoms. The Morgan fingerprint density at radius 3 is 2.76 bits per heavy atom. The number of hydrogen-bond acceptors (Lipinski definition) is 6. The van der Waals surface area contributed by atoms with E-state index < -0.39 is 0 Å². The van der Waals surface area contributed by atoms with Gasteiger partial charge in [0, 0.05) is 45.3 Å². The van der Waals surface area contributed by atoms with Crippen LogP contribution >= 0.6 is 0 Å². The molecule has 1 fully saturated rings. The number of Topliss-reactive ketones (excluding diaryl/α,β-unsaturated/α-hetero) is 1. The van der Waals surface area contributed by atoms with Crippen LogP contribution in [-0.4, -0.2) is 65.1 Å². The largest absolute Gasteiger partial charge is 0.395 e. The molecule has 0 spiro atoms. The van der Waals surface area contributed by atoms with Crippen molar-refractivity contribution in [3.8, 4) is 0 Å². The Morgan fingerprint density at radius 1 is 1.29 bits per heavy atom. The predicted molar refractivity (Wildman–Crippen MR) is 79.6 cm³/mol. The van der Waals surface area contributed by atoms with Crippen molar-refractivity contribution in [2.24, 2.45) is 5.92 Å². The number of aliphatic hydroxyl groups excluding tert-OH is 1. The third-order valence-electron chi connectivity index (χ3n) is 4.30. The Balaban J connectivity index is 1.73. The molecule has 1 atom stereocenters. The second-order valence-electron chi connectivity index (χ2n) is 6.02. The lowest BCUT2D eigenvalue weighted by atomic mass is 9.88. The van der Waals surface area contributed by atoms with Gasteiger partial charge in [-0.05, 0) is 12.3 Å². The van der Waals surface area contributed by atoms with Gasteiger partial charge in [0.05, 0.1) is 17.9 Å². The zero-order valence-electron chi connectivity index (χ0n) is 12.5. The standard InChI is InChI=1S/C15H22N4O2/c1-11-8-13-12(14(21)9-11)10-16-15(17-13)19-4-2-18(3-5-19)6-7-20/h10-11,20H,2-9H2,1H3/t11-/m0/s1. The average molecular weight is 290 g/mol. The van der Waals surface area contributed by atoms with Gasteiger partial charge in [-0.2, -0.15) is 0 Å². The van der Waals surface area contributed by atoms with Crippen LogP contribution in [0.4, 0.5) is 5.95 Å². The molecular formula is C15H22N4O2. The molecule has 2 aliphatic rings. The minimum absolute atomic E-state index is 0.170. The maximum absolute atomic E-state index is 12.0. The van der Waals surface area contributed by atoms with Gasteiger partial charge in [0.2, 0.25) is 5.95 Å². The lowest BCUT2D eigenvalue weighted by molar-refractivity contribution is 0.0951. The van der Waals surface area contributed by atoms with E-state index in [4.69, 9.17) is 5.11 Å². The van der Waals surface area contributed by atoms with Gasteiger partial charge in [0.1, 0.15) is 0 Å². The molecule has 1 aromatic heterocycles. The van der Waals surface area contributed by atoms with Crippen LogP contribution in [0.2, 0.25) is 0 Å². The summed E-state index contributed by atoms with van der Waals surface area (Å²) in [5.74, 6) is 1.27. The van der Waals surface area contributed by atoms with E-state index in [9.17, 15) is 4.79 Å². The van der Waals surface area contributed by atoms with Crippen molar-refractivity contribution >= 4 is 11.7 Å². The van der Waals surface area contributed by atoms with Crippen LogP contribution in [0.15, 0.2) is 6.20 Å². The molecule has 1 aliphatic heterocycles. The van der Waals surface area contributed by atoms with E-state index in [-0.39, 0.29) is 12.4 Å². The second kappa shape index (κ2) is 6.07. The number of anilines is 1. The van der Waals surface area contributed by atoms with Crippen LogP contribution in [0.3, 0.4) is 0 Å². The van der Waals surface area contributed by atoms with Crippen molar-refractivity contribution in [3.05, 3.63) is 17.5 Å². The van der Waals surface area contributed by atoms with Gasteiger partial charge in [-0.3, -0.25) is 9.69 Å². The van der Waals surface area contributed by atoms with Crippen LogP contribution in [0.1, 0.15) is 29.4 Å². The topological polar surface area (TPSA) is 69.6 Å². The summed E-state index contributed by atoms with van der Waals surface area (Å²) < 4.78 is 0. The number of hydrogen-bond donors (Lipinski definition) is 1. The molecule has 0 saturated carbocycles. The van der Waals surface area contributed by atoms with E-state index in [2.05, 4.69) is 26.7 Å². The lowest BCUT2D eigenvalue weighted by Crippen LogP contribution is -2.47. The number of fused-ring (bicyclic) bond motifs is 1. The molecule has 1 N–H and O–H groups in total. The zero-order chi connectivity index (χ0) is 14.8. The van der Waals surface area contributed by atoms with Crippen molar-refractivity contribution in [2.75, 3.05) is 44.2 Å². The number of rotatable bonds is 3. The summed E-state index contributed by atoms with van der Waals surface area (Å²) >= 11 is 0. The maximum Gasteiger partial charge on any atom is 0.225 e. The van der Waals surface area contributed by atoms with Gasteiger partial charge in [0.25, 0.3) is 0 Å². The first kappa shape index (κ1) is 14.4. The van der Waals surface area contributed by atoms with E-state index in [1.54, 1.807) is 6.20 Å². The summed E-state index contributed by atoms with van der Waals surface area (Å²) in [5.41, 5.74) is 1.61. The summed E-state index contributed by atoms with van der Waals surface area (Å²) in [5, 5.41) is 8.97. The molecule has 1 aliphatic carbocycles. The van der Waals surface area contributed by atoms with E-state index in [0.717, 1.165) is 50.8 Å². The number of aliphatic hydroxyl groups is 1. The van der Waals surface area contributed by atoms with Gasteiger partial charge in [-0.25, -0.2) is 9.97 Å². The molecule has 0 radical (unpaired) electrons. The summed E-state index contributed by atoms with van der Waals surface area (Å²) in [6.07, 6.45) is 3.17. The van der Waals surface area contributed by atoms with Gasteiger partial charge in [0.15, 0.2) is 5.78 Å². The van der Waals surface area contributed by atoms with Crippen molar-refractivity contribution < 1.29 is 9.90 Å². The molecule has 21 heavy (non-hydrogen) atoms. The highest BCUT2D eigenvalue weighted by atomic mass is 16.3. The third kappa shape index (κ3) is 3.06. The van der Waals surface area contributed by atoms with Gasteiger partial charge < -0.3 is 10.0 Å². The lowest BCUT2D eigenvalue weighted by Gasteiger charge is -2.34. The predicted octanol–water partition coefficient (Wildman–Crippen LogP) is 0.356. The van der Waals surface area contributed by atoms with E-state index in [1.807, 2.05) is 0 Å². The number of ketones is 1. The fraction of sp³-hybridized carbons (Fsp3) is 0.667. The van der Waals surface area contributed by atoms with Crippen molar-refractivity contribution in [3.63, 3.8) is 0 Å². The molecule has 0 bridgehead atoms. The summed E-state index contributed by atoms with van der Waals surface area (Å²) in [6, 6.07) is 0. The zero-order valence-corrected chi connectivity index (χ0v) is 12.5. The Morgan fingerprint density at radius 2 is 2.05 bits per heavy atom. The number of nitrogens with zero attached hydrogens (tertiary/aromatic N) is 4. The highest BCUT2D eigenvalue weighted by Crippen LogP contribution is 2.25. The first-order chi connectivity index (χ1) is 10.2. The van der Waals surface area contributed by atoms with Crippen LogP contribution in [0.5, 0.6) is 0 Å². The van der Waals surface area contributed by atoms with Gasteiger partial charge >= 0.3 is 0 Å². The van der Waals surface area contributed by atoms with Crippen molar-refractivity contribution in [1.29, 1.82) is 0 Å². The van der Waals surface area contributed by atoms with Crippen molar-refractivity contribution in [1.82, 2.24) is 14.9 Å². The Bertz CT molecular complexity index is 526. The Hall–Kier alpha value is -1.53. The van der Waals surface area contributed by atoms with Crippen LogP contribution in [-0.2, 0) is 6.42 Å². The quantitative estimate of drug-likeness (QED) is 0.866. The smallest absolute Gasteiger partial charge is 0.225 e. The highest BCUT2D eigenvalue weighted by Gasteiger charge is 2.26. The molecule has 3 rings (SSSR count). The molecule has 0 aromatic carbocycles. The Kier molecular flexibility index (Phi) is 4.17. The number of carbonyl (C=O) groups is 1. The highest BCUT2D eigenvalue weighted by molar-refractivity contribution is 5.98. The molecule has 1 saturated heterocycles. The SMILES string of the molecule is C[C@@H]1CC(=O)c2cnc(N3CCN(CCO)CC3)nc2C1. The van der Waals surface area contributed by atoms with Crippen molar-refractivity contribution in [2.45, 2.75) is 19.8 Å². The molecule has 1 aromatic rings. The van der Waals surface area contributed by atoms with E-state index in [0.29, 0.717) is 17.9 Å². The third-order valence-corrected chi connectivity index (χ3v) is 4.30. The minimum Gasteiger partial charge on any atom is -0.395 e. The molecule has 0 unspecified atom stereocenters. The molecule has 0 amide bonds. The fourth-order valence-corrected chi connectivity index (χ4v) is 3.09. The first-order valence-electron chi connectivity index (χ1n) is 7.64. The number of aromatic nitrogens is 2. The molecule has 6 nitrogen and oxygen atoms in total. The fourth-order valence-electron chi connectivity index (χ4n) is 3.09. The molecule has 2 heterocycles. The summed E-state index contributed by atoms with van der Waals surface area (Å²) in [4.78, 5) is 25.4. The maximum atomic E-state index is 12.0. The Labute approximate surface area is 124 Å². The summed E-state index contributed by atoms with van der Waals surface area (Å²) in [7, 11) is 0. The summed E-state index contributed by atoms with van der Waals surface area (Å²) in [6.45, 7) is 6.58. The van der Waals surface area contributed by atoms with Crippen LogP contribution in [0, 0.1) is 5.92 Å². The molecule has 114 valence electrons. The number of piperazine rings is 1. The number of β-amino-alcohol motifs (C(OH)–C–C–N with tert-alkyl or cyclic N) is 1. The first-order valence-corrected chi connectivity index (χ1v) is 7.64. The van der Waals surface area contributed by atoms with Crippen LogP contribution < -0.4 is 4.90 Å². The average Bonchev–Trinajstić information content (AvgIpc) is 2.47. The van der Waals surface area contributed by atoms with Gasteiger partial charge in [-0.1, -0.05) is 6.92 Å². The second-order valence-corrected chi connectivity index (χ2v) is 6.02. The van der Waals surface area contributed by atoms with Crippen LogP contribution in [0.25, 0.3) is 0 Å². The normalized spacial score (nSPS) is 23.2.